The molecular weight excluding hydrogens is 1090 g/mol. The molecule has 0 aliphatic heterocycles. The van der Waals surface area contributed by atoms with Gasteiger partial charge in [0, 0.05) is 54.4 Å². The van der Waals surface area contributed by atoms with Crippen molar-refractivity contribution in [2.75, 3.05) is 46.6 Å². The minimum atomic E-state index is -4.56. The Labute approximate surface area is 463 Å². The summed E-state index contributed by atoms with van der Waals surface area (Å²) in [6.45, 7) is 14.0. The summed E-state index contributed by atoms with van der Waals surface area (Å²) in [5.74, 6) is 0.790. The van der Waals surface area contributed by atoms with E-state index in [1.165, 1.54) is 36.0 Å². The van der Waals surface area contributed by atoms with E-state index in [0.29, 0.717) is 82.1 Å². The normalized spacial score (nSPS) is 11.7. The number of aromatic nitrogens is 5. The van der Waals surface area contributed by atoms with Crippen molar-refractivity contribution in [2.45, 2.75) is 62.2 Å². The molecule has 26 heteroatoms. The van der Waals surface area contributed by atoms with Crippen LogP contribution in [0.5, 0.6) is 0 Å². The van der Waals surface area contributed by atoms with Crippen molar-refractivity contribution in [1.82, 2.24) is 23.7 Å². The Morgan fingerprint density at radius 3 is 1.42 bits per heavy atom. The Bertz CT molecular complexity index is 3680. The molecule has 21 nitrogen and oxygen atoms in total. The number of nitrogens with zero attached hydrogens (tertiary/aromatic N) is 13. The van der Waals surface area contributed by atoms with Gasteiger partial charge in [-0.1, -0.05) is 66.4 Å². The molecule has 0 fully saturated rings. The smallest absolute Gasteiger partial charge is 0.294 e. The third-order valence-electron chi connectivity index (χ3n) is 12.1. The number of nitrogens with one attached hydrogen (secondary N) is 2. The second-order valence-corrected chi connectivity index (χ2v) is 22.2. The van der Waals surface area contributed by atoms with E-state index in [9.17, 15) is 36.5 Å². The van der Waals surface area contributed by atoms with Crippen LogP contribution in [0.1, 0.15) is 55.5 Å². The standard InChI is InChI=1S/C52H49N15O6S5/c1-7-66(8-2)36-20-22-40(60-62-48-38(28-53)46(64-75-48)34-18-16-31(5)44(24-34)77(68,69)70)42(26-36)55-50-57-51(59-52(58-50)74-30-33-14-12-11-13-15-33)56-43-27-37(67(9-3)10-4)21-23-41(43)61-63-49-39(29-54)47(65-76-49)35-19-17-32(6)45(25-35)78(71,72)73/h11-27H,7-10,30H2,1-6H3,(H,68,69,70)(H,71,72,73)(H2,55,56,57,58,59). The zero-order chi connectivity index (χ0) is 55.7. The van der Waals surface area contributed by atoms with E-state index in [4.69, 9.17) is 15.0 Å². The molecule has 0 bridgehead atoms. The molecular formula is C52H49N15O6S5. The van der Waals surface area contributed by atoms with E-state index in [1.807, 2.05) is 82.3 Å². The Morgan fingerprint density at radius 2 is 1.03 bits per heavy atom. The van der Waals surface area contributed by atoms with Crippen molar-refractivity contribution >= 4 is 111 Å². The van der Waals surface area contributed by atoms with Crippen LogP contribution in [-0.2, 0) is 26.0 Å². The maximum Gasteiger partial charge on any atom is 0.294 e. The first-order chi connectivity index (χ1) is 37.4. The molecule has 3 heterocycles. The molecule has 3 aromatic heterocycles. The van der Waals surface area contributed by atoms with Gasteiger partial charge in [-0.2, -0.15) is 51.1 Å². The molecule has 0 saturated heterocycles. The zero-order valence-corrected chi connectivity index (χ0v) is 46.8. The molecule has 78 heavy (non-hydrogen) atoms. The summed E-state index contributed by atoms with van der Waals surface area (Å²) in [7, 11) is -9.11. The second-order valence-electron chi connectivity index (χ2n) is 17.0. The molecule has 4 N–H and O–H groups in total. The van der Waals surface area contributed by atoms with Crippen molar-refractivity contribution in [3.63, 3.8) is 0 Å². The molecule has 8 aromatic rings. The molecule has 0 aliphatic carbocycles. The summed E-state index contributed by atoms with van der Waals surface area (Å²) in [6, 6.07) is 34.0. The molecule has 0 amide bonds. The van der Waals surface area contributed by atoms with Gasteiger partial charge in [0.15, 0.2) is 15.2 Å². The number of hydrogen-bond donors (Lipinski definition) is 4. The average Bonchev–Trinajstić information content (AvgIpc) is 4.04. The third kappa shape index (κ3) is 13.0. The van der Waals surface area contributed by atoms with Crippen molar-refractivity contribution in [3.05, 3.63) is 131 Å². The fourth-order valence-corrected chi connectivity index (χ4v) is 11.7. The van der Waals surface area contributed by atoms with Gasteiger partial charge >= 0.3 is 0 Å². The highest BCUT2D eigenvalue weighted by Crippen LogP contribution is 2.41. The van der Waals surface area contributed by atoms with Gasteiger partial charge < -0.3 is 20.4 Å². The van der Waals surface area contributed by atoms with Crippen LogP contribution in [0.2, 0.25) is 0 Å². The summed E-state index contributed by atoms with van der Waals surface area (Å²) < 4.78 is 77.1. The zero-order valence-electron chi connectivity index (χ0n) is 42.7. The predicted octanol–water partition coefficient (Wildman–Crippen LogP) is 13.3. The number of aryl methyl sites for hydroxylation is 2. The lowest BCUT2D eigenvalue weighted by molar-refractivity contribution is 0.480. The maximum absolute atomic E-state index is 12.1. The highest BCUT2D eigenvalue weighted by Gasteiger charge is 2.23. The minimum absolute atomic E-state index is 0.0572. The predicted molar refractivity (Wildman–Crippen MR) is 304 cm³/mol. The molecule has 0 atom stereocenters. The molecule has 0 saturated carbocycles. The molecule has 0 radical (unpaired) electrons. The third-order valence-corrected chi connectivity index (χ3v) is 16.5. The molecule has 0 spiro atoms. The van der Waals surface area contributed by atoms with Gasteiger partial charge in [0.25, 0.3) is 20.2 Å². The highest BCUT2D eigenvalue weighted by atomic mass is 32.2. The largest absolute Gasteiger partial charge is 0.372 e. The van der Waals surface area contributed by atoms with Crippen LogP contribution in [0.15, 0.2) is 139 Å². The molecule has 398 valence electrons. The van der Waals surface area contributed by atoms with Crippen LogP contribution >= 0.6 is 34.8 Å². The van der Waals surface area contributed by atoms with E-state index < -0.39 is 20.2 Å². The average molecular weight is 1140 g/mol. The first kappa shape index (κ1) is 56.1. The summed E-state index contributed by atoms with van der Waals surface area (Å²) in [5.41, 5.74) is 6.06. The van der Waals surface area contributed by atoms with Crippen molar-refractivity contribution < 1.29 is 25.9 Å². The number of anilines is 6. The number of nitriles is 2. The van der Waals surface area contributed by atoms with Gasteiger partial charge in [-0.3, -0.25) is 9.11 Å². The SMILES string of the molecule is CCN(CC)c1ccc(N=Nc2snc(-c3ccc(C)c(S(=O)(=O)O)c3)c2C#N)c(Nc2nc(Nc3cc(N(CC)CC)ccc3N=Nc3snc(-c4ccc(C)c(S(=O)(=O)O)c4)c3C#N)nc(SCc3ccccc3)n2)c1. The molecule has 0 aliphatic rings. The fraction of sp³-hybridized carbons (Fsp3) is 0.212. The molecule has 5 aromatic carbocycles. The fourth-order valence-electron chi connectivity index (χ4n) is 8.03. The summed E-state index contributed by atoms with van der Waals surface area (Å²) in [6.07, 6.45) is 0. The topological polar surface area (TPSA) is 301 Å². The van der Waals surface area contributed by atoms with Gasteiger partial charge in [0.2, 0.25) is 11.9 Å². The quantitative estimate of drug-likeness (QED) is 0.0295. The van der Waals surface area contributed by atoms with Crippen molar-refractivity contribution in [1.29, 1.82) is 10.5 Å². The molecule has 8 rings (SSSR count). The number of benzene rings is 5. The second kappa shape index (κ2) is 24.5. The first-order valence-corrected chi connectivity index (χ1v) is 29.4. The lowest BCUT2D eigenvalue weighted by Gasteiger charge is -2.22. The van der Waals surface area contributed by atoms with Crippen molar-refractivity contribution in [2.24, 2.45) is 20.5 Å². The number of thioether (sulfide) groups is 1. The molecule has 0 unspecified atom stereocenters. The van der Waals surface area contributed by atoms with Crippen LogP contribution in [0.25, 0.3) is 22.5 Å². The lowest BCUT2D eigenvalue weighted by Crippen LogP contribution is -2.21. The number of hydrogen-bond acceptors (Lipinski definition) is 22. The van der Waals surface area contributed by atoms with Crippen LogP contribution < -0.4 is 20.4 Å². The lowest BCUT2D eigenvalue weighted by atomic mass is 10.1. The van der Waals surface area contributed by atoms with Gasteiger partial charge in [-0.25, -0.2) is 0 Å². The number of azo groups is 2. The minimum Gasteiger partial charge on any atom is -0.372 e. The first-order valence-electron chi connectivity index (χ1n) is 24.0. The number of rotatable bonds is 21. The van der Waals surface area contributed by atoms with E-state index in [-0.39, 0.29) is 54.2 Å². The van der Waals surface area contributed by atoms with Crippen LogP contribution in [0, 0.1) is 36.5 Å². The van der Waals surface area contributed by atoms with Crippen LogP contribution in [0.3, 0.4) is 0 Å². The monoisotopic (exact) mass is 1140 g/mol. The van der Waals surface area contributed by atoms with Crippen LogP contribution in [0.4, 0.5) is 56.0 Å². The Hall–Kier alpha value is -8.08. The van der Waals surface area contributed by atoms with Gasteiger partial charge in [-0.05, 0) is 130 Å². The van der Waals surface area contributed by atoms with Gasteiger partial charge in [0.05, 0.1) is 21.2 Å². The van der Waals surface area contributed by atoms with Gasteiger partial charge in [-0.15, -0.1) is 20.5 Å². The highest BCUT2D eigenvalue weighted by molar-refractivity contribution is 7.98. The van der Waals surface area contributed by atoms with E-state index in [1.54, 1.807) is 38.1 Å². The summed E-state index contributed by atoms with van der Waals surface area (Å²) in [5, 5.41) is 46.2. The summed E-state index contributed by atoms with van der Waals surface area (Å²) >= 11 is 3.18. The van der Waals surface area contributed by atoms with Crippen LogP contribution in [-0.4, -0.2) is 75.8 Å². The van der Waals surface area contributed by atoms with Gasteiger partial charge in [0.1, 0.15) is 46.0 Å². The summed E-state index contributed by atoms with van der Waals surface area (Å²) in [4.78, 5) is 18.3. The van der Waals surface area contributed by atoms with E-state index in [0.717, 1.165) is 40.0 Å². The maximum atomic E-state index is 12.1. The van der Waals surface area contributed by atoms with E-state index >= 15 is 0 Å². The Kier molecular flexibility index (Phi) is 17.6. The Morgan fingerprint density at radius 1 is 0.590 bits per heavy atom. The van der Waals surface area contributed by atoms with Crippen molar-refractivity contribution in [3.8, 4) is 34.7 Å². The van der Waals surface area contributed by atoms with E-state index in [2.05, 4.69) is 61.8 Å². The Balaban J connectivity index is 1.19.